The topological polar surface area (TPSA) is 113 Å². The van der Waals surface area contributed by atoms with Crippen LogP contribution in [0, 0.1) is 17.3 Å². The quantitative estimate of drug-likeness (QED) is 0.0927. The van der Waals surface area contributed by atoms with Crippen LogP contribution in [0.5, 0.6) is 0 Å². The highest BCUT2D eigenvalue weighted by Gasteiger charge is 2.36. The van der Waals surface area contributed by atoms with Gasteiger partial charge in [0.1, 0.15) is 19.3 Å². The summed E-state index contributed by atoms with van der Waals surface area (Å²) in [5.41, 5.74) is 0.0407. The van der Waals surface area contributed by atoms with E-state index in [1.807, 2.05) is 27.7 Å². The second-order valence-electron chi connectivity index (χ2n) is 16.8. The van der Waals surface area contributed by atoms with Gasteiger partial charge in [0.05, 0.1) is 26.1 Å². The molecule has 2 aromatic rings. The van der Waals surface area contributed by atoms with Gasteiger partial charge in [-0.2, -0.15) is 0 Å². The molecule has 0 saturated carbocycles. The fourth-order valence-corrected chi connectivity index (χ4v) is 7.18. The molecule has 2 rings (SSSR count). The van der Waals surface area contributed by atoms with Crippen molar-refractivity contribution in [1.82, 2.24) is 13.7 Å². The molecule has 6 atom stereocenters. The lowest BCUT2D eigenvalue weighted by Gasteiger charge is -2.33. The molecule has 0 fully saturated rings. The number of carbonyl (C=O) groups excluding carboxylic acids is 1. The maximum atomic E-state index is 13.9. The molecule has 1 aromatic heterocycles. The number of nitrogens with zero attached hydrogens (tertiary/aromatic N) is 4. The third-order valence-corrected chi connectivity index (χ3v) is 11.2. The van der Waals surface area contributed by atoms with Gasteiger partial charge in [0.15, 0.2) is 0 Å². The molecule has 1 heterocycles. The van der Waals surface area contributed by atoms with E-state index in [-0.39, 0.29) is 38.1 Å². The fraction of sp³-hybridized carbons (Fsp3) is 0.762. The Labute approximate surface area is 313 Å². The number of likely N-dealkylation sites (N-methyl/N-ethyl adjacent to an activating group) is 1. The lowest BCUT2D eigenvalue weighted by atomic mass is 9.79. The van der Waals surface area contributed by atoms with Crippen LogP contribution in [0.2, 0.25) is 0 Å². The van der Waals surface area contributed by atoms with Gasteiger partial charge in [-0.15, -0.1) is 0 Å². The number of hydrogen-bond acceptors (Lipinski definition) is 6. The summed E-state index contributed by atoms with van der Waals surface area (Å²) in [5, 5.41) is 10.7. The number of hydrogen-bond donors (Lipinski definition) is 1. The van der Waals surface area contributed by atoms with Crippen LogP contribution in [-0.2, 0) is 29.2 Å². The van der Waals surface area contributed by atoms with Gasteiger partial charge in [0, 0.05) is 19.6 Å². The Hall–Kier alpha value is -2.98. The van der Waals surface area contributed by atoms with Crippen LogP contribution in [0.1, 0.15) is 143 Å². The van der Waals surface area contributed by atoms with Gasteiger partial charge < -0.3 is 14.3 Å². The van der Waals surface area contributed by atoms with Crippen LogP contribution in [-0.4, -0.2) is 69.2 Å². The molecule has 10 heteroatoms. The molecule has 0 aliphatic rings. The Bertz CT molecular complexity index is 1580. The fourth-order valence-electron chi connectivity index (χ4n) is 7.18. The van der Waals surface area contributed by atoms with Crippen LogP contribution in [0.4, 0.5) is 0 Å². The minimum atomic E-state index is -0.871. The van der Waals surface area contributed by atoms with E-state index < -0.39 is 34.6 Å². The molecule has 6 unspecified atom stereocenters. The zero-order valence-electron chi connectivity index (χ0n) is 34.6. The van der Waals surface area contributed by atoms with E-state index >= 15 is 0 Å². The largest absolute Gasteiger partial charge is 0.462 e. The molecule has 52 heavy (non-hydrogen) atoms. The third-order valence-electron chi connectivity index (χ3n) is 11.2. The summed E-state index contributed by atoms with van der Waals surface area (Å²) in [7, 11) is 4.13. The summed E-state index contributed by atoms with van der Waals surface area (Å²) in [5.74, 6) is 0.239. The number of ether oxygens (including phenoxy) is 1. The summed E-state index contributed by atoms with van der Waals surface area (Å²) >= 11 is 0. The molecule has 0 amide bonds. The minimum absolute atomic E-state index is 0.0399. The number of benzene rings is 1. The first-order chi connectivity index (χ1) is 24.4. The number of aliphatic hydroxyl groups excluding tert-OH is 1. The Balaban J connectivity index is 2.23. The van der Waals surface area contributed by atoms with Gasteiger partial charge in [-0.05, 0) is 86.7 Å². The van der Waals surface area contributed by atoms with Crippen molar-refractivity contribution in [3.05, 3.63) is 66.8 Å². The van der Waals surface area contributed by atoms with Crippen LogP contribution in [0.3, 0.4) is 0 Å². The van der Waals surface area contributed by atoms with Gasteiger partial charge in [-0.25, -0.2) is 28.1 Å². The molecule has 0 aliphatic heterocycles. The average molecular weight is 730 g/mol. The van der Waals surface area contributed by atoms with Crippen molar-refractivity contribution in [2.24, 2.45) is 17.3 Å². The summed E-state index contributed by atoms with van der Waals surface area (Å²) in [6, 6.07) is 8.80. The van der Waals surface area contributed by atoms with E-state index in [1.54, 1.807) is 0 Å². The maximum absolute atomic E-state index is 13.9. The predicted molar refractivity (Wildman–Crippen MR) is 212 cm³/mol. The zero-order valence-corrected chi connectivity index (χ0v) is 34.6. The number of carbonyl (C=O) groups is 1. The van der Waals surface area contributed by atoms with E-state index in [0.717, 1.165) is 45.1 Å². The number of rotatable bonds is 24. The number of aliphatic hydroxyl groups is 1. The van der Waals surface area contributed by atoms with Crippen LogP contribution in [0.25, 0.3) is 0 Å². The number of quaternary nitrogens is 1. The Kier molecular flexibility index (Phi) is 18.3. The van der Waals surface area contributed by atoms with Crippen molar-refractivity contribution in [2.45, 2.75) is 158 Å². The molecule has 0 radical (unpaired) electrons. The lowest BCUT2D eigenvalue weighted by molar-refractivity contribution is -0.893. The average Bonchev–Trinajstić information content (AvgIpc) is 3.11. The molecule has 1 aromatic carbocycles. The molecular weight excluding hydrogens is 656 g/mol. The monoisotopic (exact) mass is 730 g/mol. The van der Waals surface area contributed by atoms with E-state index in [9.17, 15) is 24.3 Å². The van der Waals surface area contributed by atoms with Crippen LogP contribution >= 0.6 is 0 Å². The Morgan fingerprint density at radius 2 is 1.38 bits per heavy atom. The first-order valence-corrected chi connectivity index (χ1v) is 20.1. The minimum Gasteiger partial charge on any atom is -0.462 e. The number of unbranched alkanes of at least 4 members (excludes halogenated alkanes) is 2. The van der Waals surface area contributed by atoms with E-state index in [0.29, 0.717) is 42.1 Å². The normalized spacial score (nSPS) is 16.2. The summed E-state index contributed by atoms with van der Waals surface area (Å²) in [6.07, 6.45) is 6.51. The van der Waals surface area contributed by atoms with E-state index in [2.05, 4.69) is 73.0 Å². The molecule has 1 N–H and O–H groups in total. The highest BCUT2D eigenvalue weighted by Crippen LogP contribution is 2.32. The highest BCUT2D eigenvalue weighted by atomic mass is 16.5. The summed E-state index contributed by atoms with van der Waals surface area (Å²) in [4.78, 5) is 54.6. The standard InChI is InChI=1S/C42H73N4O6/c1-12-16-23-43-39(49)44(27-31(5)21-22-34(8)36-20-18-19-35(25-36)33(7)14-3)41(51)45(40(43)50)28-32(6)26-42(9,15-4)38(48)52-30-37(47)29-46(10,11)24-17-13-2/h18-20,25,31-34,37,47H,12-17,21-24,26-30H2,1-11H3/q+1. The summed E-state index contributed by atoms with van der Waals surface area (Å²) < 4.78 is 9.96. The molecular formula is C42H73N4O6+. The Morgan fingerprint density at radius 1 is 0.827 bits per heavy atom. The van der Waals surface area contributed by atoms with Gasteiger partial charge in [-0.1, -0.05) is 92.5 Å². The number of esters is 1. The second-order valence-corrected chi connectivity index (χ2v) is 16.8. The molecule has 0 saturated heterocycles. The second kappa shape index (κ2) is 21.0. The molecule has 296 valence electrons. The van der Waals surface area contributed by atoms with Gasteiger partial charge in [0.2, 0.25) is 0 Å². The number of aromatic nitrogens is 3. The summed E-state index contributed by atoms with van der Waals surface area (Å²) in [6.45, 7) is 20.4. The lowest BCUT2D eigenvalue weighted by Crippen LogP contribution is -2.55. The van der Waals surface area contributed by atoms with Crippen molar-refractivity contribution in [1.29, 1.82) is 0 Å². The predicted octanol–water partition coefficient (Wildman–Crippen LogP) is 6.93. The molecule has 0 aliphatic carbocycles. The van der Waals surface area contributed by atoms with Crippen molar-refractivity contribution >= 4 is 5.97 Å². The Morgan fingerprint density at radius 3 is 1.94 bits per heavy atom. The van der Waals surface area contributed by atoms with Gasteiger partial charge in [0.25, 0.3) is 0 Å². The van der Waals surface area contributed by atoms with Gasteiger partial charge >= 0.3 is 23.0 Å². The first kappa shape index (κ1) is 45.2. The van der Waals surface area contributed by atoms with E-state index in [1.165, 1.54) is 24.8 Å². The van der Waals surface area contributed by atoms with Crippen LogP contribution in [0.15, 0.2) is 38.6 Å². The van der Waals surface area contributed by atoms with Crippen molar-refractivity contribution in [2.75, 3.05) is 33.8 Å². The van der Waals surface area contributed by atoms with Gasteiger partial charge in [-0.3, -0.25) is 4.79 Å². The highest BCUT2D eigenvalue weighted by molar-refractivity contribution is 5.76. The third kappa shape index (κ3) is 13.2. The maximum Gasteiger partial charge on any atom is 0.336 e. The smallest absolute Gasteiger partial charge is 0.336 e. The first-order valence-electron chi connectivity index (χ1n) is 20.1. The molecule has 0 bridgehead atoms. The van der Waals surface area contributed by atoms with Crippen molar-refractivity contribution in [3.63, 3.8) is 0 Å². The molecule has 10 nitrogen and oxygen atoms in total. The van der Waals surface area contributed by atoms with E-state index in [4.69, 9.17) is 4.74 Å². The van der Waals surface area contributed by atoms with Crippen LogP contribution < -0.4 is 17.1 Å². The molecule has 0 spiro atoms. The zero-order chi connectivity index (χ0) is 39.2. The van der Waals surface area contributed by atoms with Crippen molar-refractivity contribution < 1.29 is 19.1 Å². The SMILES string of the molecule is CCCCn1c(=O)n(CC(C)CCC(C)c2cccc(C(C)CC)c2)c(=O)n(CC(C)CC(C)(CC)C(=O)OCC(O)C[N+](C)(C)CCCC)c1=O. The van der Waals surface area contributed by atoms with Crippen molar-refractivity contribution in [3.8, 4) is 0 Å².